The molecule has 1 unspecified atom stereocenters. The molecule has 4 N–H and O–H groups in total. The van der Waals surface area contributed by atoms with Gasteiger partial charge in [-0.05, 0) is 13.3 Å². The predicted octanol–water partition coefficient (Wildman–Crippen LogP) is -0.638. The molecule has 0 aliphatic carbocycles. The minimum atomic E-state index is -0.959. The number of nitrogens with one attached hydrogen (secondary N) is 2. The van der Waals surface area contributed by atoms with Crippen LogP contribution >= 0.6 is 106 Å². The van der Waals surface area contributed by atoms with Crippen molar-refractivity contribution >= 4 is 130 Å². The van der Waals surface area contributed by atoms with Gasteiger partial charge < -0.3 is 9.53 Å². The van der Waals surface area contributed by atoms with Crippen LogP contribution in [-0.4, -0.2) is 60.1 Å². The molecule has 0 saturated heterocycles. The van der Waals surface area contributed by atoms with E-state index in [1.165, 1.54) is 0 Å². The molecule has 8 nitrogen and oxygen atoms in total. The van der Waals surface area contributed by atoms with Crippen LogP contribution in [0.25, 0.3) is 0 Å². The van der Waals surface area contributed by atoms with Crippen molar-refractivity contribution in [2.45, 2.75) is 37.9 Å². The van der Waals surface area contributed by atoms with Crippen molar-refractivity contribution in [3.63, 3.8) is 0 Å². The summed E-state index contributed by atoms with van der Waals surface area (Å²) in [5.41, 5.74) is 2.20. The Labute approximate surface area is 225 Å². The van der Waals surface area contributed by atoms with E-state index in [1.54, 1.807) is 6.92 Å². The van der Waals surface area contributed by atoms with Gasteiger partial charge in [0.15, 0.2) is 0 Å². The summed E-state index contributed by atoms with van der Waals surface area (Å²) in [6, 6.07) is -2.64. The van der Waals surface area contributed by atoms with E-state index in [0.29, 0.717) is 6.29 Å². The number of thiol groups is 2. The van der Waals surface area contributed by atoms with Crippen LogP contribution in [0.2, 0.25) is 0 Å². The van der Waals surface area contributed by atoms with Gasteiger partial charge in [0.05, 0.1) is 24.7 Å². The molecule has 0 aromatic heterocycles. The van der Waals surface area contributed by atoms with E-state index < -0.39 is 35.7 Å². The van der Waals surface area contributed by atoms with E-state index in [-0.39, 0.29) is 112 Å². The van der Waals surface area contributed by atoms with Gasteiger partial charge in [0.25, 0.3) is 0 Å². The van der Waals surface area contributed by atoms with E-state index in [9.17, 15) is 19.2 Å². The number of esters is 1. The maximum Gasteiger partial charge on any atom is 0.305 e. The third-order valence-electron chi connectivity index (χ3n) is 2.99. The van der Waals surface area contributed by atoms with Crippen molar-refractivity contribution in [1.29, 1.82) is 0 Å². The lowest BCUT2D eigenvalue weighted by Crippen LogP contribution is -2.53. The standard InChI is InChI=1S/C13H23N3O5S2.6H2S/c1-2-21-11(18)4-3-8(5-17)15-9(6-22)12(19)13(20)10(7-23)16-14;;;;;;/h5,8-10,15-16,22-23H,2-4,6-7,14H2,1H3;6*1H2/t8?,9-,10-;;;;;;/m0....../s1. The lowest BCUT2D eigenvalue weighted by atomic mass is 10.0. The molecule has 0 aromatic carbocycles. The zero-order valence-electron chi connectivity index (χ0n) is 15.9. The summed E-state index contributed by atoms with van der Waals surface area (Å²) in [4.78, 5) is 46.5. The Morgan fingerprint density at radius 1 is 0.966 bits per heavy atom. The molecule has 0 radical (unpaired) electrons. The van der Waals surface area contributed by atoms with Crippen LogP contribution in [-0.2, 0) is 23.9 Å². The second kappa shape index (κ2) is 29.2. The molecule has 0 bridgehead atoms. The van der Waals surface area contributed by atoms with Crippen molar-refractivity contribution in [3.05, 3.63) is 0 Å². The summed E-state index contributed by atoms with van der Waals surface area (Å²) in [7, 11) is 0. The SMILES string of the molecule is CCOC(=O)CCC(C=O)N[C@@H](CS)C(=O)C(=O)[C@H](CS)NN.S.S.S.S.S.S. The van der Waals surface area contributed by atoms with Crippen LogP contribution in [0, 0.1) is 0 Å². The Balaban J connectivity index is -0.000000161. The largest absolute Gasteiger partial charge is 0.466 e. The monoisotopic (exact) mass is 569 g/mol. The molecule has 0 fully saturated rings. The normalized spacial score (nSPS) is 11.6. The van der Waals surface area contributed by atoms with E-state index in [2.05, 4.69) is 36.0 Å². The first-order valence-electron chi connectivity index (χ1n) is 7.07. The molecule has 180 valence electrons. The van der Waals surface area contributed by atoms with Gasteiger partial charge in [0, 0.05) is 17.9 Å². The first kappa shape index (κ1) is 47.8. The lowest BCUT2D eigenvalue weighted by molar-refractivity contribution is -0.143. The lowest BCUT2D eigenvalue weighted by Gasteiger charge is -2.21. The Morgan fingerprint density at radius 3 is 1.76 bits per heavy atom. The number of rotatable bonds is 13. The van der Waals surface area contributed by atoms with Crippen LogP contribution in [0.1, 0.15) is 19.8 Å². The fourth-order valence-electron chi connectivity index (χ4n) is 1.72. The fraction of sp³-hybridized carbons (Fsp3) is 0.692. The smallest absolute Gasteiger partial charge is 0.305 e. The molecule has 29 heavy (non-hydrogen) atoms. The second-order valence-corrected chi connectivity index (χ2v) is 5.35. The molecule has 0 amide bonds. The van der Waals surface area contributed by atoms with Crippen LogP contribution < -0.4 is 16.6 Å². The number of Topliss-reactive ketones (excluding diaryl/α,β-unsaturated/α-hetero) is 2. The number of hydrazine groups is 1. The highest BCUT2D eigenvalue weighted by Gasteiger charge is 2.30. The molecule has 0 spiro atoms. The van der Waals surface area contributed by atoms with Crippen molar-refractivity contribution in [2.75, 3.05) is 18.1 Å². The number of carbonyl (C=O) groups excluding carboxylic acids is 4. The maximum absolute atomic E-state index is 12.1. The van der Waals surface area contributed by atoms with Crippen LogP contribution in [0.5, 0.6) is 0 Å². The minimum absolute atomic E-state index is 0. The van der Waals surface area contributed by atoms with Crippen LogP contribution in [0.15, 0.2) is 0 Å². The van der Waals surface area contributed by atoms with Gasteiger partial charge in [-0.3, -0.25) is 25.5 Å². The van der Waals surface area contributed by atoms with E-state index in [1.807, 2.05) is 0 Å². The molecule has 16 heteroatoms. The van der Waals surface area contributed by atoms with Crippen molar-refractivity contribution in [3.8, 4) is 0 Å². The predicted molar refractivity (Wildman–Crippen MR) is 154 cm³/mol. The third-order valence-corrected chi connectivity index (χ3v) is 3.72. The van der Waals surface area contributed by atoms with Crippen molar-refractivity contribution < 1.29 is 23.9 Å². The molecule has 0 aliphatic heterocycles. The molecule has 0 aliphatic rings. The van der Waals surface area contributed by atoms with E-state index in [4.69, 9.17) is 10.6 Å². The zero-order valence-corrected chi connectivity index (χ0v) is 23.6. The summed E-state index contributed by atoms with van der Waals surface area (Å²) in [5, 5.41) is 2.72. The minimum Gasteiger partial charge on any atom is -0.466 e. The number of ether oxygens (including phenoxy) is 1. The molecule has 3 atom stereocenters. The van der Waals surface area contributed by atoms with E-state index in [0.717, 1.165) is 0 Å². The maximum atomic E-state index is 12.1. The van der Waals surface area contributed by atoms with Crippen LogP contribution in [0.3, 0.4) is 0 Å². The first-order chi connectivity index (χ1) is 10.9. The zero-order chi connectivity index (χ0) is 17.8. The second-order valence-electron chi connectivity index (χ2n) is 4.62. The summed E-state index contributed by atoms with van der Waals surface area (Å²) in [5.74, 6) is 3.32. The number of aldehydes is 1. The first-order valence-corrected chi connectivity index (χ1v) is 8.34. The van der Waals surface area contributed by atoms with Gasteiger partial charge >= 0.3 is 5.97 Å². The molecule has 0 saturated carbocycles. The number of ketones is 2. The summed E-state index contributed by atoms with van der Waals surface area (Å²) < 4.78 is 4.76. The van der Waals surface area contributed by atoms with Gasteiger partial charge in [-0.25, -0.2) is 5.43 Å². The molecular weight excluding hydrogens is 535 g/mol. The van der Waals surface area contributed by atoms with Crippen molar-refractivity contribution in [2.24, 2.45) is 5.84 Å². The quantitative estimate of drug-likeness (QED) is 0.0495. The summed E-state index contributed by atoms with van der Waals surface area (Å²) in [6.07, 6.45) is 0.749. The third kappa shape index (κ3) is 19.6. The topological polar surface area (TPSA) is 128 Å². The van der Waals surface area contributed by atoms with E-state index >= 15 is 0 Å². The Hall–Kier alpha value is 1.16. The van der Waals surface area contributed by atoms with Crippen LogP contribution in [0.4, 0.5) is 0 Å². The summed E-state index contributed by atoms with van der Waals surface area (Å²) in [6.45, 7) is 1.93. The molecule has 0 aromatic rings. The van der Waals surface area contributed by atoms with Gasteiger partial charge in [0.2, 0.25) is 11.6 Å². The molecular formula is C13H35N3O5S8. The number of hydrogen-bond acceptors (Lipinski definition) is 10. The van der Waals surface area contributed by atoms with Gasteiger partial charge in [0.1, 0.15) is 6.29 Å². The number of carbonyl (C=O) groups is 4. The van der Waals surface area contributed by atoms with Gasteiger partial charge in [-0.1, -0.05) is 0 Å². The average molecular weight is 570 g/mol. The van der Waals surface area contributed by atoms with Crippen molar-refractivity contribution in [1.82, 2.24) is 10.7 Å². The fourth-order valence-corrected chi connectivity index (χ4v) is 2.26. The molecule has 0 rings (SSSR count). The van der Waals surface area contributed by atoms with Gasteiger partial charge in [-0.2, -0.15) is 106 Å². The summed E-state index contributed by atoms with van der Waals surface area (Å²) >= 11 is 7.95. The Kier molecular flexibility index (Phi) is 48.1. The highest BCUT2D eigenvalue weighted by molar-refractivity contribution is 7.80. The Morgan fingerprint density at radius 2 is 1.41 bits per heavy atom. The highest BCUT2D eigenvalue weighted by atomic mass is 32.1. The highest BCUT2D eigenvalue weighted by Crippen LogP contribution is 2.03. The number of nitrogens with two attached hydrogens (primary N) is 1. The average Bonchev–Trinajstić information content (AvgIpc) is 2.55. The molecule has 0 heterocycles. The number of hydrogen-bond donors (Lipinski definition) is 5. The Bertz CT molecular complexity index is 433. The van der Waals surface area contributed by atoms with Gasteiger partial charge in [-0.15, -0.1) is 0 Å².